The summed E-state index contributed by atoms with van der Waals surface area (Å²) in [6.07, 6.45) is 1.03. The molecule has 0 radical (unpaired) electrons. The second-order valence-electron chi connectivity index (χ2n) is 5.82. The first-order chi connectivity index (χ1) is 6.64. The highest BCUT2D eigenvalue weighted by Gasteiger charge is 2.27. The van der Waals surface area contributed by atoms with Crippen molar-refractivity contribution in [3.05, 3.63) is 0 Å². The summed E-state index contributed by atoms with van der Waals surface area (Å²) < 4.78 is 12.3. The maximum absolute atomic E-state index is 6.15. The third-order valence-corrected chi connectivity index (χ3v) is 10.3. The van der Waals surface area contributed by atoms with E-state index >= 15 is 0 Å². The minimum atomic E-state index is -1.46. The number of nitrogens with two attached hydrogens (primary N) is 1. The van der Waals surface area contributed by atoms with E-state index in [1.54, 1.807) is 0 Å². The molecular weight excluding hydrogens is 238 g/mol. The van der Waals surface area contributed by atoms with Crippen molar-refractivity contribution < 1.29 is 8.23 Å². The predicted octanol–water partition coefficient (Wildman–Crippen LogP) is 2.26. The highest BCUT2D eigenvalue weighted by atomic mass is 28.4. The van der Waals surface area contributed by atoms with Gasteiger partial charge in [-0.25, -0.2) is 0 Å². The molecule has 0 spiro atoms. The Balaban J connectivity index is 4.19. The fourth-order valence-corrected chi connectivity index (χ4v) is 9.66. The smallest absolute Gasteiger partial charge is 0.300 e. The van der Waals surface area contributed by atoms with E-state index in [1.165, 1.54) is 0 Å². The van der Waals surface area contributed by atoms with Gasteiger partial charge in [-0.1, -0.05) is 0 Å². The average Bonchev–Trinajstić information content (AvgIpc) is 1.94. The summed E-state index contributed by atoms with van der Waals surface area (Å²) in [5.74, 6) is 0. The Morgan fingerprint density at radius 3 is 1.60 bits per heavy atom. The van der Waals surface area contributed by atoms with E-state index in [4.69, 9.17) is 14.0 Å². The monoisotopic (exact) mass is 265 g/mol. The molecule has 0 fully saturated rings. The van der Waals surface area contributed by atoms with Gasteiger partial charge >= 0.3 is 9.28 Å². The van der Waals surface area contributed by atoms with Gasteiger partial charge in [0.15, 0.2) is 16.6 Å². The third kappa shape index (κ3) is 10.8. The van der Waals surface area contributed by atoms with Gasteiger partial charge in [-0.3, -0.25) is 0 Å². The van der Waals surface area contributed by atoms with Crippen LogP contribution in [0.1, 0.15) is 6.42 Å². The van der Waals surface area contributed by atoms with Crippen LogP contribution in [0.2, 0.25) is 45.3 Å². The second-order valence-corrected chi connectivity index (χ2v) is 17.6. The van der Waals surface area contributed by atoms with Crippen molar-refractivity contribution in [1.82, 2.24) is 0 Å². The first-order valence-electron chi connectivity index (χ1n) is 5.70. The van der Waals surface area contributed by atoms with Crippen LogP contribution in [-0.2, 0) is 8.23 Å². The summed E-state index contributed by atoms with van der Waals surface area (Å²) >= 11 is 0. The number of hydrogen-bond acceptors (Lipinski definition) is 3. The fourth-order valence-electron chi connectivity index (χ4n) is 1.22. The van der Waals surface area contributed by atoms with E-state index in [9.17, 15) is 0 Å². The van der Waals surface area contributed by atoms with Crippen LogP contribution in [0, 0.1) is 0 Å². The van der Waals surface area contributed by atoms with Crippen molar-refractivity contribution >= 4 is 25.9 Å². The van der Waals surface area contributed by atoms with Crippen LogP contribution in [0.5, 0.6) is 0 Å². The minimum Gasteiger partial charge on any atom is -0.439 e. The van der Waals surface area contributed by atoms with Crippen molar-refractivity contribution in [2.45, 2.75) is 51.7 Å². The lowest BCUT2D eigenvalue weighted by molar-refractivity contribution is 0.415. The number of rotatable bonds is 7. The van der Waals surface area contributed by atoms with Crippen LogP contribution < -0.4 is 5.73 Å². The third-order valence-electron chi connectivity index (χ3n) is 1.61. The van der Waals surface area contributed by atoms with Gasteiger partial charge in [-0.2, -0.15) is 0 Å². The molecule has 0 amide bonds. The first-order valence-corrected chi connectivity index (χ1v) is 14.3. The van der Waals surface area contributed by atoms with Crippen molar-refractivity contribution in [3.8, 4) is 0 Å². The Bertz CT molecular complexity index is 161. The summed E-state index contributed by atoms with van der Waals surface area (Å²) in [7, 11) is -4.36. The van der Waals surface area contributed by atoms with Crippen LogP contribution in [0.15, 0.2) is 0 Å². The highest BCUT2D eigenvalue weighted by molar-refractivity contribution is 6.81. The average molecular weight is 266 g/mol. The van der Waals surface area contributed by atoms with Gasteiger partial charge in [0.2, 0.25) is 0 Å². The van der Waals surface area contributed by atoms with Gasteiger partial charge in [-0.05, 0) is 58.3 Å². The van der Waals surface area contributed by atoms with E-state index in [-0.39, 0.29) is 0 Å². The van der Waals surface area contributed by atoms with Gasteiger partial charge in [-0.15, -0.1) is 0 Å². The maximum atomic E-state index is 6.15. The summed E-state index contributed by atoms with van der Waals surface area (Å²) in [6, 6.07) is 1.06. The Morgan fingerprint density at radius 2 is 1.33 bits per heavy atom. The van der Waals surface area contributed by atoms with Crippen molar-refractivity contribution in [1.29, 1.82) is 0 Å². The predicted molar refractivity (Wildman–Crippen MR) is 74.5 cm³/mol. The first kappa shape index (κ1) is 15.5. The van der Waals surface area contributed by atoms with Crippen molar-refractivity contribution in [2.24, 2.45) is 5.73 Å². The molecule has 0 aromatic carbocycles. The van der Waals surface area contributed by atoms with Gasteiger partial charge in [0.25, 0.3) is 0 Å². The standard InChI is InChI=1S/C9H27NO2Si3/c1-14(2,3)11-13(9-7-8-10)12-15(4,5)6/h13H,7-10H2,1-6H3. The summed E-state index contributed by atoms with van der Waals surface area (Å²) in [6.45, 7) is 14.1. The molecule has 0 unspecified atom stereocenters. The zero-order valence-electron chi connectivity index (χ0n) is 11.1. The second kappa shape index (κ2) is 6.31. The molecule has 92 valence electrons. The van der Waals surface area contributed by atoms with Crippen molar-refractivity contribution in [2.75, 3.05) is 6.54 Å². The lowest BCUT2D eigenvalue weighted by Gasteiger charge is -2.30. The maximum Gasteiger partial charge on any atom is 0.300 e. The largest absolute Gasteiger partial charge is 0.439 e. The summed E-state index contributed by atoms with van der Waals surface area (Å²) in [5.41, 5.74) is 5.54. The van der Waals surface area contributed by atoms with Crippen LogP contribution in [0.25, 0.3) is 0 Å². The van der Waals surface area contributed by atoms with Gasteiger partial charge in [0.05, 0.1) is 0 Å². The molecular formula is C9H27NO2Si3. The molecule has 0 aliphatic rings. The summed E-state index contributed by atoms with van der Waals surface area (Å²) in [5, 5.41) is 0. The van der Waals surface area contributed by atoms with Crippen LogP contribution in [-0.4, -0.2) is 32.5 Å². The zero-order chi connectivity index (χ0) is 12.1. The Morgan fingerprint density at radius 1 is 0.933 bits per heavy atom. The molecule has 0 bridgehead atoms. The fraction of sp³-hybridized carbons (Fsp3) is 1.00. The van der Waals surface area contributed by atoms with Gasteiger partial charge in [0.1, 0.15) is 0 Å². The molecule has 0 aromatic rings. The van der Waals surface area contributed by atoms with E-state index in [1.807, 2.05) is 0 Å². The Kier molecular flexibility index (Phi) is 6.53. The van der Waals surface area contributed by atoms with Crippen LogP contribution in [0.4, 0.5) is 0 Å². The quantitative estimate of drug-likeness (QED) is 0.718. The molecule has 0 saturated heterocycles. The van der Waals surface area contributed by atoms with Gasteiger partial charge < -0.3 is 14.0 Å². The van der Waals surface area contributed by atoms with E-state index in [0.717, 1.165) is 19.0 Å². The SMILES string of the molecule is C[Si](C)(C)O[SiH](CCCN)O[Si](C)(C)C. The molecule has 0 saturated carbocycles. The Labute approximate surface area is 98.5 Å². The lowest BCUT2D eigenvalue weighted by atomic mass is 10.5. The molecule has 3 nitrogen and oxygen atoms in total. The van der Waals surface area contributed by atoms with E-state index in [0.29, 0.717) is 0 Å². The topological polar surface area (TPSA) is 44.5 Å². The molecule has 0 aromatic heterocycles. The van der Waals surface area contributed by atoms with Crippen LogP contribution in [0.3, 0.4) is 0 Å². The van der Waals surface area contributed by atoms with Crippen molar-refractivity contribution in [3.63, 3.8) is 0 Å². The summed E-state index contributed by atoms with van der Waals surface area (Å²) in [4.78, 5) is 0. The molecule has 0 rings (SSSR count). The molecule has 0 atom stereocenters. The molecule has 0 aliphatic carbocycles. The van der Waals surface area contributed by atoms with Gasteiger partial charge in [0, 0.05) is 0 Å². The highest BCUT2D eigenvalue weighted by Crippen LogP contribution is 2.15. The molecule has 0 heterocycles. The van der Waals surface area contributed by atoms with E-state index in [2.05, 4.69) is 39.3 Å². The Hall–Kier alpha value is 0.531. The van der Waals surface area contributed by atoms with Crippen LogP contribution >= 0.6 is 0 Å². The molecule has 6 heteroatoms. The molecule has 0 aliphatic heterocycles. The zero-order valence-corrected chi connectivity index (χ0v) is 14.2. The lowest BCUT2D eigenvalue weighted by Crippen LogP contribution is -2.43. The van der Waals surface area contributed by atoms with E-state index < -0.39 is 25.9 Å². The minimum absolute atomic E-state index is 0.744. The number of hydrogen-bond donors (Lipinski definition) is 1. The normalized spacial score (nSPS) is 13.6. The molecule has 15 heavy (non-hydrogen) atoms. The molecule has 2 N–H and O–H groups in total.